The van der Waals surface area contributed by atoms with E-state index in [0.717, 1.165) is 35.4 Å². The van der Waals surface area contributed by atoms with Gasteiger partial charge in [-0.3, -0.25) is 4.79 Å². The molecule has 0 saturated carbocycles. The number of anilines is 1. The maximum absolute atomic E-state index is 13.6. The third-order valence-corrected chi connectivity index (χ3v) is 7.65. The number of hydrogen-bond acceptors (Lipinski definition) is 5. The van der Waals surface area contributed by atoms with Gasteiger partial charge < -0.3 is 14.8 Å². The Hall–Kier alpha value is -3.12. The van der Waals surface area contributed by atoms with Crippen molar-refractivity contribution in [2.75, 3.05) is 19.5 Å². The Kier molecular flexibility index (Phi) is 7.08. The first-order valence-corrected chi connectivity index (χ1v) is 12.4. The Morgan fingerprint density at radius 1 is 1.12 bits per heavy atom. The van der Waals surface area contributed by atoms with Gasteiger partial charge in [0.15, 0.2) is 0 Å². The van der Waals surface area contributed by atoms with Crippen molar-refractivity contribution in [3.05, 3.63) is 70.1 Å². The fourth-order valence-electron chi connectivity index (χ4n) is 4.39. The molecule has 5 nitrogen and oxygen atoms in total. The van der Waals surface area contributed by atoms with Crippen LogP contribution in [-0.4, -0.2) is 26.3 Å². The lowest BCUT2D eigenvalue weighted by molar-refractivity contribution is 0.102. The summed E-state index contributed by atoms with van der Waals surface area (Å²) in [4.78, 5) is 19.7. The van der Waals surface area contributed by atoms with Crippen molar-refractivity contribution >= 4 is 34.1 Å². The number of rotatable bonds is 6. The predicted molar refractivity (Wildman–Crippen MR) is 140 cm³/mol. The van der Waals surface area contributed by atoms with E-state index in [1.807, 2.05) is 42.6 Å². The summed E-state index contributed by atoms with van der Waals surface area (Å²) in [6.07, 6.45) is 4.78. The molecule has 1 aromatic heterocycles. The number of nitrogens with zero attached hydrogens (tertiary/aromatic N) is 1. The highest BCUT2D eigenvalue weighted by molar-refractivity contribution is 7.16. The van der Waals surface area contributed by atoms with Crippen LogP contribution in [0.5, 0.6) is 11.5 Å². The van der Waals surface area contributed by atoms with E-state index in [0.29, 0.717) is 28.7 Å². The van der Waals surface area contributed by atoms with Crippen molar-refractivity contribution in [3.8, 4) is 11.5 Å². The summed E-state index contributed by atoms with van der Waals surface area (Å²) in [5.41, 5.74) is 3.65. The number of nitrogens with one attached hydrogen (secondary N) is 1. The van der Waals surface area contributed by atoms with E-state index in [9.17, 15) is 4.79 Å². The molecule has 0 aliphatic heterocycles. The molecule has 0 saturated heterocycles. The quantitative estimate of drug-likeness (QED) is 0.393. The topological polar surface area (TPSA) is 59.9 Å². The third-order valence-electron chi connectivity index (χ3n) is 6.49. The molecule has 1 amide bonds. The first kappa shape index (κ1) is 24.0. The van der Waals surface area contributed by atoms with Gasteiger partial charge in [0.25, 0.3) is 5.91 Å². The fraction of sp³-hybridized carbons (Fsp3) is 0.357. The van der Waals surface area contributed by atoms with E-state index in [4.69, 9.17) is 14.5 Å². The second-order valence-corrected chi connectivity index (χ2v) is 10.8. The van der Waals surface area contributed by atoms with Crippen molar-refractivity contribution in [1.29, 1.82) is 0 Å². The molecular weight excluding hydrogens is 444 g/mol. The molecule has 0 spiro atoms. The molecule has 1 N–H and O–H groups in total. The second kappa shape index (κ2) is 10.0. The molecule has 0 radical (unpaired) electrons. The summed E-state index contributed by atoms with van der Waals surface area (Å²) in [5, 5.41) is 3.82. The zero-order valence-electron chi connectivity index (χ0n) is 20.5. The first-order chi connectivity index (χ1) is 16.3. The highest BCUT2D eigenvalue weighted by Crippen LogP contribution is 2.45. The van der Waals surface area contributed by atoms with Gasteiger partial charge in [0.1, 0.15) is 16.5 Å². The van der Waals surface area contributed by atoms with Crippen LogP contribution in [0.4, 0.5) is 10.7 Å². The van der Waals surface area contributed by atoms with Crippen molar-refractivity contribution in [2.45, 2.75) is 40.0 Å². The summed E-state index contributed by atoms with van der Waals surface area (Å²) in [6.45, 7) is 6.90. The minimum absolute atomic E-state index is 0.157. The highest BCUT2D eigenvalue weighted by atomic mass is 32.1. The number of fused-ring (bicyclic) bond motifs is 1. The minimum atomic E-state index is -0.157. The molecule has 0 unspecified atom stereocenters. The zero-order valence-corrected chi connectivity index (χ0v) is 21.3. The fourth-order valence-corrected chi connectivity index (χ4v) is 5.66. The van der Waals surface area contributed by atoms with Crippen LogP contribution in [-0.2, 0) is 12.8 Å². The standard InChI is InChI=1S/C28H32N2O3S/c1-28(2,3)19-11-13-21-24(15-19)34-27(29-17-18-9-7-6-8-10-18)25(21)26(31)30-22-14-12-20(32-4)16-23(22)33-5/h6-10,12,14,16-17,19H,11,13,15H2,1-5H3,(H,30,31)/t19-/m0/s1. The molecule has 0 fully saturated rings. The van der Waals surface area contributed by atoms with Gasteiger partial charge in [0.2, 0.25) is 0 Å². The Balaban J connectivity index is 1.71. The smallest absolute Gasteiger partial charge is 0.259 e. The Labute approximate surface area is 205 Å². The maximum atomic E-state index is 13.6. The Morgan fingerprint density at radius 2 is 1.88 bits per heavy atom. The number of benzene rings is 2. The molecule has 6 heteroatoms. The number of hydrogen-bond donors (Lipinski definition) is 1. The van der Waals surface area contributed by atoms with Gasteiger partial charge in [-0.2, -0.15) is 0 Å². The average molecular weight is 477 g/mol. The molecule has 3 aromatic rings. The van der Waals surface area contributed by atoms with Crippen LogP contribution in [0, 0.1) is 11.3 Å². The van der Waals surface area contributed by atoms with E-state index in [1.54, 1.807) is 37.7 Å². The molecule has 1 aliphatic rings. The SMILES string of the molecule is COc1ccc(NC(=O)c2c(N=Cc3ccccc3)sc3c2CC[C@H](C(C)(C)C)C3)c(OC)c1. The molecule has 1 heterocycles. The Morgan fingerprint density at radius 3 is 2.56 bits per heavy atom. The van der Waals surface area contributed by atoms with Crippen LogP contribution in [0.3, 0.4) is 0 Å². The Bertz CT molecular complexity index is 1190. The molecule has 1 aliphatic carbocycles. The summed E-state index contributed by atoms with van der Waals surface area (Å²) in [5.74, 6) is 1.65. The van der Waals surface area contributed by atoms with E-state index in [1.165, 1.54) is 4.88 Å². The van der Waals surface area contributed by atoms with E-state index in [-0.39, 0.29) is 11.3 Å². The molecule has 34 heavy (non-hydrogen) atoms. The summed E-state index contributed by atoms with van der Waals surface area (Å²) in [7, 11) is 3.19. The summed E-state index contributed by atoms with van der Waals surface area (Å²) >= 11 is 1.65. The van der Waals surface area contributed by atoms with Gasteiger partial charge >= 0.3 is 0 Å². The molecule has 4 rings (SSSR count). The van der Waals surface area contributed by atoms with Crippen LogP contribution >= 0.6 is 11.3 Å². The zero-order chi connectivity index (χ0) is 24.3. The lowest BCUT2D eigenvalue weighted by Gasteiger charge is -2.33. The number of aliphatic imine (C=N–C) groups is 1. The van der Waals surface area contributed by atoms with Crippen LogP contribution < -0.4 is 14.8 Å². The van der Waals surface area contributed by atoms with Crippen LogP contribution in [0.25, 0.3) is 0 Å². The normalized spacial score (nSPS) is 15.7. The van der Waals surface area contributed by atoms with Gasteiger partial charge in [-0.1, -0.05) is 51.1 Å². The van der Waals surface area contributed by atoms with Crippen LogP contribution in [0.2, 0.25) is 0 Å². The maximum Gasteiger partial charge on any atom is 0.259 e. The van der Waals surface area contributed by atoms with Gasteiger partial charge in [-0.05, 0) is 53.9 Å². The van der Waals surface area contributed by atoms with Crippen molar-refractivity contribution < 1.29 is 14.3 Å². The molecule has 1 atom stereocenters. The number of amides is 1. The predicted octanol–water partition coefficient (Wildman–Crippen LogP) is 6.92. The number of ether oxygens (including phenoxy) is 2. The van der Waals surface area contributed by atoms with Crippen molar-refractivity contribution in [3.63, 3.8) is 0 Å². The molecule has 2 aromatic carbocycles. The number of carbonyl (C=O) groups excluding carboxylic acids is 1. The van der Waals surface area contributed by atoms with Crippen LogP contribution in [0.1, 0.15) is 53.6 Å². The highest BCUT2D eigenvalue weighted by Gasteiger charge is 2.33. The van der Waals surface area contributed by atoms with Crippen molar-refractivity contribution in [2.24, 2.45) is 16.3 Å². The monoisotopic (exact) mass is 476 g/mol. The lowest BCUT2D eigenvalue weighted by atomic mass is 9.72. The number of methoxy groups -OCH3 is 2. The van der Waals surface area contributed by atoms with E-state index >= 15 is 0 Å². The van der Waals surface area contributed by atoms with Gasteiger partial charge in [0.05, 0.1) is 25.5 Å². The van der Waals surface area contributed by atoms with Gasteiger partial charge in [-0.15, -0.1) is 11.3 Å². The first-order valence-electron chi connectivity index (χ1n) is 11.6. The largest absolute Gasteiger partial charge is 0.497 e. The second-order valence-electron chi connectivity index (χ2n) is 9.68. The summed E-state index contributed by atoms with van der Waals surface area (Å²) < 4.78 is 10.8. The van der Waals surface area contributed by atoms with E-state index in [2.05, 4.69) is 26.1 Å². The third kappa shape index (κ3) is 5.17. The minimum Gasteiger partial charge on any atom is -0.497 e. The molecule has 178 valence electrons. The van der Waals surface area contributed by atoms with E-state index < -0.39 is 0 Å². The molecule has 0 bridgehead atoms. The van der Waals surface area contributed by atoms with Crippen LogP contribution in [0.15, 0.2) is 53.5 Å². The summed E-state index contributed by atoms with van der Waals surface area (Å²) in [6, 6.07) is 15.3. The van der Waals surface area contributed by atoms with Gasteiger partial charge in [0, 0.05) is 17.2 Å². The van der Waals surface area contributed by atoms with Crippen molar-refractivity contribution in [1.82, 2.24) is 0 Å². The lowest BCUT2D eigenvalue weighted by Crippen LogP contribution is -2.27. The number of thiophene rings is 1. The number of carbonyl (C=O) groups is 1. The van der Waals surface area contributed by atoms with Gasteiger partial charge in [-0.25, -0.2) is 4.99 Å². The average Bonchev–Trinajstić information content (AvgIpc) is 3.21. The molecular formula is C28H32N2O3S.